The molecule has 0 aromatic rings. The summed E-state index contributed by atoms with van der Waals surface area (Å²) in [6.45, 7) is 1.30. The van der Waals surface area contributed by atoms with Crippen LogP contribution in [0.5, 0.6) is 0 Å². The van der Waals surface area contributed by atoms with Crippen molar-refractivity contribution in [2.24, 2.45) is 11.5 Å². The number of hydrogen-bond acceptors (Lipinski definition) is 9. The van der Waals surface area contributed by atoms with Gasteiger partial charge in [-0.1, -0.05) is 0 Å². The number of carboxylic acids is 2. The molecule has 0 spiro atoms. The molecule has 0 fully saturated rings. The van der Waals surface area contributed by atoms with Gasteiger partial charge in [0.1, 0.15) is 24.2 Å². The number of aliphatic carboxylic acids is 2. The number of rotatable bonds is 17. The molecule has 15 heteroatoms. The van der Waals surface area contributed by atoms with Gasteiger partial charge in [0, 0.05) is 12.8 Å². The molecular weight excluding hydrogens is 474 g/mol. The Labute approximate surface area is 200 Å². The van der Waals surface area contributed by atoms with E-state index in [0.29, 0.717) is 5.75 Å². The number of nitrogens with two attached hydrogens (primary N) is 2. The molecule has 4 amide bonds. The van der Waals surface area contributed by atoms with E-state index in [9.17, 15) is 39.0 Å². The number of carbonyl (C=O) groups excluding carboxylic acids is 4. The van der Waals surface area contributed by atoms with Crippen LogP contribution in [0.4, 0.5) is 0 Å². The normalized spacial score (nSPS) is 15.2. The van der Waals surface area contributed by atoms with Crippen LogP contribution >= 0.6 is 11.8 Å². The lowest BCUT2D eigenvalue weighted by Crippen LogP contribution is -2.58. The van der Waals surface area contributed by atoms with Crippen molar-refractivity contribution >= 4 is 47.3 Å². The van der Waals surface area contributed by atoms with E-state index in [1.807, 2.05) is 0 Å². The van der Waals surface area contributed by atoms with Crippen LogP contribution in [0.15, 0.2) is 0 Å². The second kappa shape index (κ2) is 15.8. The Kier molecular flexibility index (Phi) is 14.5. The first-order chi connectivity index (χ1) is 15.8. The molecule has 0 aliphatic carbocycles. The number of primary amides is 1. The van der Waals surface area contributed by atoms with Crippen molar-refractivity contribution in [2.75, 3.05) is 12.0 Å². The van der Waals surface area contributed by atoms with Crippen LogP contribution in [0.25, 0.3) is 0 Å². The molecule has 0 heterocycles. The van der Waals surface area contributed by atoms with Crippen molar-refractivity contribution in [3.8, 4) is 0 Å². The maximum Gasteiger partial charge on any atom is 0.326 e. The maximum atomic E-state index is 12.8. The summed E-state index contributed by atoms with van der Waals surface area (Å²) in [6, 6.07) is -5.41. The molecule has 0 aliphatic heterocycles. The summed E-state index contributed by atoms with van der Waals surface area (Å²) in [5.41, 5.74) is 10.6. The van der Waals surface area contributed by atoms with Crippen LogP contribution in [0, 0.1) is 0 Å². The SMILES string of the molecule is CSCCC(NC(=O)C(N)C(C)O)C(=O)NC(CCC(=O)O)C(=O)NC(CCC(N)=O)C(=O)O. The second-order valence-corrected chi connectivity index (χ2v) is 8.49. The minimum Gasteiger partial charge on any atom is -0.481 e. The van der Waals surface area contributed by atoms with Gasteiger partial charge in [-0.15, -0.1) is 0 Å². The predicted molar refractivity (Wildman–Crippen MR) is 121 cm³/mol. The number of aliphatic hydroxyl groups excluding tert-OH is 1. The largest absolute Gasteiger partial charge is 0.481 e. The molecule has 5 atom stereocenters. The van der Waals surface area contributed by atoms with Gasteiger partial charge in [-0.05, 0) is 38.2 Å². The topological polar surface area (TPSA) is 251 Å². The van der Waals surface area contributed by atoms with Gasteiger partial charge in [-0.2, -0.15) is 11.8 Å². The van der Waals surface area contributed by atoms with E-state index in [2.05, 4.69) is 16.0 Å². The summed E-state index contributed by atoms with van der Waals surface area (Å²) < 4.78 is 0. The lowest BCUT2D eigenvalue weighted by atomic mass is 10.1. The Hall–Kier alpha value is -2.91. The van der Waals surface area contributed by atoms with Gasteiger partial charge in [-0.3, -0.25) is 24.0 Å². The third-order valence-corrected chi connectivity index (χ3v) is 5.28. The zero-order valence-corrected chi connectivity index (χ0v) is 19.8. The van der Waals surface area contributed by atoms with Gasteiger partial charge in [-0.25, -0.2) is 4.79 Å². The first-order valence-corrected chi connectivity index (χ1v) is 11.8. The highest BCUT2D eigenvalue weighted by atomic mass is 32.2. The molecule has 14 nitrogen and oxygen atoms in total. The average Bonchev–Trinajstić information content (AvgIpc) is 2.74. The molecule has 0 saturated carbocycles. The molecule has 10 N–H and O–H groups in total. The van der Waals surface area contributed by atoms with E-state index < -0.39 is 72.3 Å². The van der Waals surface area contributed by atoms with Crippen LogP contribution in [-0.4, -0.2) is 93.2 Å². The third-order valence-electron chi connectivity index (χ3n) is 4.64. The van der Waals surface area contributed by atoms with Gasteiger partial charge in [0.15, 0.2) is 0 Å². The Morgan fingerprint density at radius 1 is 0.824 bits per heavy atom. The van der Waals surface area contributed by atoms with Crippen LogP contribution < -0.4 is 27.4 Å². The summed E-state index contributed by atoms with van der Waals surface area (Å²) in [5.74, 6) is -5.67. The van der Waals surface area contributed by atoms with Crippen molar-refractivity contribution in [1.29, 1.82) is 0 Å². The number of carbonyl (C=O) groups is 6. The van der Waals surface area contributed by atoms with Crippen LogP contribution in [0.2, 0.25) is 0 Å². The summed E-state index contributed by atoms with van der Waals surface area (Å²) >= 11 is 1.38. The van der Waals surface area contributed by atoms with Crippen LogP contribution in [-0.2, 0) is 28.8 Å². The summed E-state index contributed by atoms with van der Waals surface area (Å²) in [4.78, 5) is 71.0. The average molecular weight is 508 g/mol. The molecule has 0 aliphatic rings. The number of carboxylic acid groups (broad SMARTS) is 2. The number of hydrogen-bond donors (Lipinski definition) is 8. The minimum atomic E-state index is -1.50. The van der Waals surface area contributed by atoms with Crippen molar-refractivity contribution in [1.82, 2.24) is 16.0 Å². The lowest BCUT2D eigenvalue weighted by Gasteiger charge is -2.25. The molecule has 0 rings (SSSR count). The molecule has 0 aromatic carbocycles. The summed E-state index contributed by atoms with van der Waals surface area (Å²) in [6.07, 6.45) is -0.812. The van der Waals surface area contributed by atoms with E-state index in [-0.39, 0.29) is 25.7 Å². The van der Waals surface area contributed by atoms with Crippen molar-refractivity contribution in [2.45, 2.75) is 69.3 Å². The van der Waals surface area contributed by atoms with Crippen LogP contribution in [0.3, 0.4) is 0 Å². The molecule has 0 radical (unpaired) electrons. The van der Waals surface area contributed by atoms with Gasteiger partial charge in [0.2, 0.25) is 23.6 Å². The van der Waals surface area contributed by atoms with E-state index in [4.69, 9.17) is 16.6 Å². The van der Waals surface area contributed by atoms with E-state index in [0.717, 1.165) is 0 Å². The highest BCUT2D eigenvalue weighted by Crippen LogP contribution is 2.06. The molecule has 194 valence electrons. The zero-order valence-electron chi connectivity index (χ0n) is 19.0. The van der Waals surface area contributed by atoms with E-state index in [1.165, 1.54) is 18.7 Å². The second-order valence-electron chi connectivity index (χ2n) is 7.51. The first-order valence-electron chi connectivity index (χ1n) is 10.4. The van der Waals surface area contributed by atoms with Gasteiger partial charge >= 0.3 is 11.9 Å². The summed E-state index contributed by atoms with van der Waals surface area (Å²) in [5, 5.41) is 34.6. The van der Waals surface area contributed by atoms with Gasteiger partial charge in [0.25, 0.3) is 0 Å². The molecule has 34 heavy (non-hydrogen) atoms. The number of amides is 4. The highest BCUT2D eigenvalue weighted by molar-refractivity contribution is 7.98. The molecule has 0 aromatic heterocycles. The Morgan fingerprint density at radius 3 is 1.74 bits per heavy atom. The van der Waals surface area contributed by atoms with Gasteiger partial charge in [0.05, 0.1) is 6.10 Å². The monoisotopic (exact) mass is 507 g/mol. The highest BCUT2D eigenvalue weighted by Gasteiger charge is 2.31. The minimum absolute atomic E-state index is 0.134. The van der Waals surface area contributed by atoms with E-state index >= 15 is 0 Å². The standard InChI is InChI=1S/C19H33N5O9S/c1-9(25)15(21)18(31)23-11(7-8-34-2)17(30)22-10(4-6-14(27)28)16(29)24-12(19(32)33)3-5-13(20)26/h9-12,15,25H,3-8,21H2,1-2H3,(H2,20,26)(H,22,30)(H,23,31)(H,24,29)(H,27,28)(H,32,33). The fourth-order valence-corrected chi connectivity index (χ4v) is 3.09. The molecule has 0 saturated heterocycles. The molecular formula is C19H33N5O9S. The first kappa shape index (κ1) is 31.1. The molecule has 0 bridgehead atoms. The van der Waals surface area contributed by atoms with Crippen molar-refractivity contribution in [3.63, 3.8) is 0 Å². The van der Waals surface area contributed by atoms with Crippen LogP contribution in [0.1, 0.15) is 39.0 Å². The zero-order chi connectivity index (χ0) is 26.4. The van der Waals surface area contributed by atoms with Crippen molar-refractivity contribution in [3.05, 3.63) is 0 Å². The smallest absolute Gasteiger partial charge is 0.326 e. The maximum absolute atomic E-state index is 12.8. The number of nitrogens with one attached hydrogen (secondary N) is 3. The Bertz CT molecular complexity index is 750. The fraction of sp³-hybridized carbons (Fsp3) is 0.684. The third kappa shape index (κ3) is 12.4. The fourth-order valence-electron chi connectivity index (χ4n) is 2.62. The van der Waals surface area contributed by atoms with Gasteiger partial charge < -0.3 is 42.7 Å². The van der Waals surface area contributed by atoms with E-state index in [1.54, 1.807) is 6.26 Å². The van der Waals surface area contributed by atoms with Crippen molar-refractivity contribution < 1.29 is 44.1 Å². The quantitative estimate of drug-likeness (QED) is 0.0992. The number of aliphatic hydroxyl groups is 1. The number of thioether (sulfide) groups is 1. The Morgan fingerprint density at radius 2 is 1.29 bits per heavy atom. The Balaban J connectivity index is 5.55. The lowest BCUT2D eigenvalue weighted by molar-refractivity contribution is -0.143. The summed E-state index contributed by atoms with van der Waals surface area (Å²) in [7, 11) is 0. The molecule has 5 unspecified atom stereocenters. The predicted octanol–water partition coefficient (Wildman–Crippen LogP) is -2.88.